The molecule has 13 heavy (non-hydrogen) atoms. The molecule has 0 saturated carbocycles. The highest BCUT2D eigenvalue weighted by atomic mass is 79.9. The van der Waals surface area contributed by atoms with Gasteiger partial charge in [0, 0.05) is 0 Å². The summed E-state index contributed by atoms with van der Waals surface area (Å²) in [6, 6.07) is 3.31. The molecule has 0 bridgehead atoms. The van der Waals surface area contributed by atoms with E-state index in [1.165, 1.54) is 6.07 Å². The predicted molar refractivity (Wildman–Crippen MR) is 54.1 cm³/mol. The summed E-state index contributed by atoms with van der Waals surface area (Å²) in [5.41, 5.74) is 1.51. The topological polar surface area (TPSA) is 20.2 Å². The van der Waals surface area contributed by atoms with Crippen LogP contribution in [-0.4, -0.2) is 5.11 Å². The van der Waals surface area contributed by atoms with Crippen LogP contribution in [0.4, 0.5) is 4.39 Å². The van der Waals surface area contributed by atoms with Crippen LogP contribution in [0.25, 0.3) is 0 Å². The highest BCUT2D eigenvalue weighted by Crippen LogP contribution is 2.26. The Kier molecular flexibility index (Phi) is 3.45. The van der Waals surface area contributed by atoms with Crippen molar-refractivity contribution in [3.05, 3.63) is 33.5 Å². The monoisotopic (exact) mass is 246 g/mol. The lowest BCUT2D eigenvalue weighted by Gasteiger charge is -2.09. The maximum Gasteiger partial charge on any atom is 0.138 e. The second-order valence-corrected chi connectivity index (χ2v) is 4.08. The summed E-state index contributed by atoms with van der Waals surface area (Å²) in [5.74, 6) is -0.0388. The van der Waals surface area contributed by atoms with Gasteiger partial charge in [0.1, 0.15) is 5.82 Å². The van der Waals surface area contributed by atoms with Gasteiger partial charge in [0.2, 0.25) is 0 Å². The fourth-order valence-corrected chi connectivity index (χ4v) is 1.47. The molecule has 0 amide bonds. The van der Waals surface area contributed by atoms with E-state index in [-0.39, 0.29) is 18.3 Å². The molecule has 1 aromatic carbocycles. The van der Waals surface area contributed by atoms with E-state index in [2.05, 4.69) is 15.9 Å². The number of hydrogen-bond acceptors (Lipinski definition) is 1. The van der Waals surface area contributed by atoms with Crippen LogP contribution in [0, 0.1) is 5.82 Å². The molecular formula is C10H12BrFO. The van der Waals surface area contributed by atoms with Crippen LogP contribution in [0.15, 0.2) is 16.6 Å². The molecule has 72 valence electrons. The van der Waals surface area contributed by atoms with Gasteiger partial charge in [-0.2, -0.15) is 0 Å². The SMILES string of the molecule is CC(C)c1cc(F)c(Br)c(CO)c1. The zero-order valence-electron chi connectivity index (χ0n) is 7.64. The lowest BCUT2D eigenvalue weighted by atomic mass is 10.0. The molecule has 1 nitrogen and oxygen atoms in total. The molecule has 0 spiro atoms. The van der Waals surface area contributed by atoms with Gasteiger partial charge in [0.25, 0.3) is 0 Å². The summed E-state index contributed by atoms with van der Waals surface area (Å²) < 4.78 is 13.6. The minimum Gasteiger partial charge on any atom is -0.392 e. The number of halogens is 2. The normalized spacial score (nSPS) is 10.9. The predicted octanol–water partition coefficient (Wildman–Crippen LogP) is 3.20. The first-order valence-electron chi connectivity index (χ1n) is 4.15. The first kappa shape index (κ1) is 10.7. The van der Waals surface area contributed by atoms with Gasteiger partial charge in [-0.3, -0.25) is 0 Å². The average molecular weight is 247 g/mol. The quantitative estimate of drug-likeness (QED) is 0.850. The highest BCUT2D eigenvalue weighted by molar-refractivity contribution is 9.10. The van der Waals surface area contributed by atoms with Gasteiger partial charge < -0.3 is 5.11 Å². The number of aliphatic hydroxyl groups excluding tert-OH is 1. The van der Waals surface area contributed by atoms with Crippen molar-refractivity contribution < 1.29 is 9.50 Å². The van der Waals surface area contributed by atoms with Crippen LogP contribution >= 0.6 is 15.9 Å². The molecule has 0 atom stereocenters. The Morgan fingerprint density at radius 1 is 1.46 bits per heavy atom. The smallest absolute Gasteiger partial charge is 0.138 e. The molecule has 3 heteroatoms. The summed E-state index contributed by atoms with van der Waals surface area (Å²) >= 11 is 3.09. The van der Waals surface area contributed by atoms with Gasteiger partial charge in [-0.05, 0) is 39.0 Å². The van der Waals surface area contributed by atoms with Crippen LogP contribution in [0.2, 0.25) is 0 Å². The Hall–Kier alpha value is -0.410. The summed E-state index contributed by atoms with van der Waals surface area (Å²) in [7, 11) is 0. The lowest BCUT2D eigenvalue weighted by molar-refractivity contribution is 0.280. The molecule has 1 rings (SSSR count). The third kappa shape index (κ3) is 2.29. The van der Waals surface area contributed by atoms with Crippen molar-refractivity contribution >= 4 is 15.9 Å². The lowest BCUT2D eigenvalue weighted by Crippen LogP contribution is -1.95. The van der Waals surface area contributed by atoms with Gasteiger partial charge >= 0.3 is 0 Å². The zero-order chi connectivity index (χ0) is 10.0. The first-order chi connectivity index (χ1) is 6.06. The van der Waals surface area contributed by atoms with Crippen LogP contribution in [0.3, 0.4) is 0 Å². The summed E-state index contributed by atoms with van der Waals surface area (Å²) in [5, 5.41) is 8.95. The minimum absolute atomic E-state index is 0.141. The average Bonchev–Trinajstić information content (AvgIpc) is 2.09. The molecule has 0 fully saturated rings. The van der Waals surface area contributed by atoms with Crippen LogP contribution in [0.1, 0.15) is 30.9 Å². The molecule has 0 unspecified atom stereocenters. The van der Waals surface area contributed by atoms with E-state index in [0.717, 1.165) is 5.56 Å². The van der Waals surface area contributed by atoms with E-state index < -0.39 is 0 Å². The maximum atomic E-state index is 13.2. The fraction of sp³-hybridized carbons (Fsp3) is 0.400. The fourth-order valence-electron chi connectivity index (χ4n) is 1.12. The number of benzene rings is 1. The highest BCUT2D eigenvalue weighted by Gasteiger charge is 2.09. The Morgan fingerprint density at radius 2 is 2.08 bits per heavy atom. The van der Waals surface area contributed by atoms with Crippen LogP contribution < -0.4 is 0 Å². The third-order valence-corrected chi connectivity index (χ3v) is 2.85. The van der Waals surface area contributed by atoms with Gasteiger partial charge in [0.15, 0.2) is 0 Å². The standard InChI is InChI=1S/C10H12BrFO/c1-6(2)7-3-8(5-13)10(11)9(12)4-7/h3-4,6,13H,5H2,1-2H3. The van der Waals surface area contributed by atoms with Crippen molar-refractivity contribution in [1.82, 2.24) is 0 Å². The molecule has 0 radical (unpaired) electrons. The zero-order valence-corrected chi connectivity index (χ0v) is 9.23. The van der Waals surface area contributed by atoms with E-state index in [1.54, 1.807) is 0 Å². The van der Waals surface area contributed by atoms with Crippen molar-refractivity contribution in [1.29, 1.82) is 0 Å². The van der Waals surface area contributed by atoms with E-state index >= 15 is 0 Å². The second-order valence-electron chi connectivity index (χ2n) is 3.29. The van der Waals surface area contributed by atoms with Gasteiger partial charge in [-0.1, -0.05) is 19.9 Å². The molecule has 0 heterocycles. The maximum absolute atomic E-state index is 13.2. The molecular weight excluding hydrogens is 235 g/mol. The minimum atomic E-state index is -0.310. The Bertz CT molecular complexity index is 310. The third-order valence-electron chi connectivity index (χ3n) is 1.96. The van der Waals surface area contributed by atoms with E-state index in [9.17, 15) is 4.39 Å². The van der Waals surface area contributed by atoms with E-state index in [0.29, 0.717) is 10.0 Å². The van der Waals surface area contributed by atoms with Crippen LogP contribution in [0.5, 0.6) is 0 Å². The molecule has 0 aromatic heterocycles. The second kappa shape index (κ2) is 4.20. The number of aliphatic hydroxyl groups is 1. The summed E-state index contributed by atoms with van der Waals surface area (Å²) in [4.78, 5) is 0. The van der Waals surface area contributed by atoms with E-state index in [1.807, 2.05) is 19.9 Å². The van der Waals surface area contributed by atoms with Crippen molar-refractivity contribution in [3.8, 4) is 0 Å². The molecule has 0 saturated heterocycles. The van der Waals surface area contributed by atoms with E-state index in [4.69, 9.17) is 5.11 Å². The Balaban J connectivity index is 3.22. The number of hydrogen-bond donors (Lipinski definition) is 1. The summed E-state index contributed by atoms with van der Waals surface area (Å²) in [6.45, 7) is 3.84. The molecule has 0 aliphatic rings. The molecule has 1 N–H and O–H groups in total. The van der Waals surface area contributed by atoms with Gasteiger partial charge in [0.05, 0.1) is 11.1 Å². The number of rotatable bonds is 2. The largest absolute Gasteiger partial charge is 0.392 e. The van der Waals surface area contributed by atoms with Gasteiger partial charge in [-0.15, -0.1) is 0 Å². The first-order valence-corrected chi connectivity index (χ1v) is 4.94. The van der Waals surface area contributed by atoms with Crippen molar-refractivity contribution in [2.45, 2.75) is 26.4 Å². The van der Waals surface area contributed by atoms with Crippen LogP contribution in [-0.2, 0) is 6.61 Å². The Labute approximate surface area is 85.7 Å². The van der Waals surface area contributed by atoms with Crippen molar-refractivity contribution in [2.75, 3.05) is 0 Å². The molecule has 0 aliphatic carbocycles. The van der Waals surface area contributed by atoms with Crippen molar-refractivity contribution in [2.24, 2.45) is 0 Å². The van der Waals surface area contributed by atoms with Crippen molar-refractivity contribution in [3.63, 3.8) is 0 Å². The summed E-state index contributed by atoms with van der Waals surface area (Å²) in [6.07, 6.45) is 0. The van der Waals surface area contributed by atoms with Gasteiger partial charge in [-0.25, -0.2) is 4.39 Å². The molecule has 0 aliphatic heterocycles. The molecule has 1 aromatic rings. The Morgan fingerprint density at radius 3 is 2.54 bits per heavy atom.